The Kier molecular flexibility index (Phi) is 7.46. The van der Waals surface area contributed by atoms with Crippen molar-refractivity contribution in [2.45, 2.75) is 52.9 Å². The fraction of sp³-hybridized carbons (Fsp3) is 0.611. The molecule has 0 saturated heterocycles. The number of aryl methyl sites for hydroxylation is 1. The van der Waals surface area contributed by atoms with Crippen molar-refractivity contribution in [3.63, 3.8) is 0 Å². The first-order valence-corrected chi connectivity index (χ1v) is 9.56. The van der Waals surface area contributed by atoms with E-state index in [9.17, 15) is 0 Å². The average molecular weight is 333 g/mol. The summed E-state index contributed by atoms with van der Waals surface area (Å²) >= 11 is 1.66. The van der Waals surface area contributed by atoms with E-state index in [0.29, 0.717) is 0 Å². The van der Waals surface area contributed by atoms with E-state index >= 15 is 0 Å². The summed E-state index contributed by atoms with van der Waals surface area (Å²) in [7, 11) is 0. The third-order valence-electron chi connectivity index (χ3n) is 3.96. The molecule has 23 heavy (non-hydrogen) atoms. The summed E-state index contributed by atoms with van der Waals surface area (Å²) in [5.41, 5.74) is 4.25. The van der Waals surface area contributed by atoms with E-state index in [1.54, 1.807) is 11.3 Å². The normalized spacial score (nSPS) is 11.1. The molecular weight excluding hydrogens is 304 g/mol. The SMILES string of the molecule is CCc1cnc(N(CCCCC(C)C)CCc2cscn2)nc1. The molecule has 4 nitrogen and oxygen atoms in total. The number of nitrogens with zero attached hydrogens (tertiary/aromatic N) is 4. The van der Waals surface area contributed by atoms with Crippen molar-refractivity contribution in [1.82, 2.24) is 15.0 Å². The van der Waals surface area contributed by atoms with Crippen LogP contribution in [0.25, 0.3) is 0 Å². The fourth-order valence-electron chi connectivity index (χ4n) is 2.47. The lowest BCUT2D eigenvalue weighted by molar-refractivity contribution is 0.533. The second-order valence-corrected chi connectivity index (χ2v) is 7.07. The van der Waals surface area contributed by atoms with Crippen molar-refractivity contribution in [3.05, 3.63) is 34.5 Å². The van der Waals surface area contributed by atoms with Crippen LogP contribution >= 0.6 is 11.3 Å². The van der Waals surface area contributed by atoms with Crippen LogP contribution in [0.2, 0.25) is 0 Å². The van der Waals surface area contributed by atoms with Crippen molar-refractivity contribution in [1.29, 1.82) is 0 Å². The molecule has 0 N–H and O–H groups in total. The van der Waals surface area contributed by atoms with E-state index in [1.807, 2.05) is 17.9 Å². The zero-order valence-electron chi connectivity index (χ0n) is 14.5. The van der Waals surface area contributed by atoms with Gasteiger partial charge in [-0.2, -0.15) is 0 Å². The van der Waals surface area contributed by atoms with Gasteiger partial charge in [-0.1, -0.05) is 33.6 Å². The van der Waals surface area contributed by atoms with Crippen molar-refractivity contribution >= 4 is 17.3 Å². The summed E-state index contributed by atoms with van der Waals surface area (Å²) < 4.78 is 0. The minimum absolute atomic E-state index is 0.776. The lowest BCUT2D eigenvalue weighted by Gasteiger charge is -2.22. The summed E-state index contributed by atoms with van der Waals surface area (Å²) in [6.45, 7) is 8.64. The molecule has 2 rings (SSSR count). The molecule has 5 heteroatoms. The summed E-state index contributed by atoms with van der Waals surface area (Å²) in [5.74, 6) is 1.63. The van der Waals surface area contributed by atoms with Crippen molar-refractivity contribution in [2.75, 3.05) is 18.0 Å². The molecule has 0 amide bonds. The fourth-order valence-corrected chi connectivity index (χ4v) is 3.06. The maximum absolute atomic E-state index is 4.56. The number of hydrogen-bond donors (Lipinski definition) is 0. The number of aromatic nitrogens is 3. The highest BCUT2D eigenvalue weighted by molar-refractivity contribution is 7.07. The number of thiazole rings is 1. The van der Waals surface area contributed by atoms with Crippen LogP contribution in [-0.4, -0.2) is 28.0 Å². The van der Waals surface area contributed by atoms with Gasteiger partial charge in [0, 0.05) is 37.3 Å². The molecule has 0 aliphatic heterocycles. The number of anilines is 1. The summed E-state index contributed by atoms with van der Waals surface area (Å²) in [5, 5.41) is 2.12. The maximum atomic E-state index is 4.56. The monoisotopic (exact) mass is 332 g/mol. The zero-order valence-corrected chi connectivity index (χ0v) is 15.4. The number of hydrogen-bond acceptors (Lipinski definition) is 5. The molecule has 0 unspecified atom stereocenters. The smallest absolute Gasteiger partial charge is 0.225 e. The first-order valence-electron chi connectivity index (χ1n) is 8.62. The van der Waals surface area contributed by atoms with Gasteiger partial charge < -0.3 is 4.90 Å². The molecule has 0 aliphatic rings. The van der Waals surface area contributed by atoms with Crippen LogP contribution < -0.4 is 4.90 Å². The van der Waals surface area contributed by atoms with Gasteiger partial charge in [-0.25, -0.2) is 15.0 Å². The molecule has 2 heterocycles. The molecule has 0 saturated carbocycles. The topological polar surface area (TPSA) is 41.9 Å². The van der Waals surface area contributed by atoms with E-state index in [4.69, 9.17) is 0 Å². The van der Waals surface area contributed by atoms with Gasteiger partial charge in [0.15, 0.2) is 0 Å². The van der Waals surface area contributed by atoms with Crippen LogP contribution in [-0.2, 0) is 12.8 Å². The molecule has 2 aromatic heterocycles. The van der Waals surface area contributed by atoms with Crippen molar-refractivity contribution < 1.29 is 0 Å². The van der Waals surface area contributed by atoms with Gasteiger partial charge in [0.25, 0.3) is 0 Å². The molecule has 0 fully saturated rings. The van der Waals surface area contributed by atoms with E-state index in [0.717, 1.165) is 43.5 Å². The molecule has 0 aliphatic carbocycles. The third kappa shape index (κ3) is 6.26. The zero-order chi connectivity index (χ0) is 16.5. The highest BCUT2D eigenvalue weighted by atomic mass is 32.1. The number of rotatable bonds is 10. The lowest BCUT2D eigenvalue weighted by Crippen LogP contribution is -2.29. The van der Waals surface area contributed by atoms with Crippen LogP contribution in [0.4, 0.5) is 5.95 Å². The molecule has 2 aromatic rings. The largest absolute Gasteiger partial charge is 0.340 e. The second kappa shape index (κ2) is 9.60. The lowest BCUT2D eigenvalue weighted by atomic mass is 10.1. The Morgan fingerprint density at radius 1 is 1.09 bits per heavy atom. The molecule has 126 valence electrons. The van der Waals surface area contributed by atoms with Gasteiger partial charge in [0.2, 0.25) is 5.95 Å². The van der Waals surface area contributed by atoms with E-state index in [2.05, 4.69) is 46.0 Å². The Bertz CT molecular complexity index is 537. The Morgan fingerprint density at radius 2 is 1.87 bits per heavy atom. The van der Waals surface area contributed by atoms with Crippen LogP contribution in [0.5, 0.6) is 0 Å². The Balaban J connectivity index is 1.94. The van der Waals surface area contributed by atoms with Crippen LogP contribution in [0, 0.1) is 5.92 Å². The molecule has 0 radical (unpaired) electrons. The van der Waals surface area contributed by atoms with Gasteiger partial charge in [0.05, 0.1) is 11.2 Å². The van der Waals surface area contributed by atoms with Gasteiger partial charge in [-0.15, -0.1) is 11.3 Å². The predicted octanol–water partition coefficient (Wildman–Crippen LogP) is 4.37. The van der Waals surface area contributed by atoms with Crippen molar-refractivity contribution in [2.24, 2.45) is 5.92 Å². The summed E-state index contributed by atoms with van der Waals surface area (Å²) in [4.78, 5) is 15.8. The highest BCUT2D eigenvalue weighted by Gasteiger charge is 2.10. The van der Waals surface area contributed by atoms with E-state index in [-0.39, 0.29) is 0 Å². The number of unbranched alkanes of at least 4 members (excludes halogenated alkanes) is 1. The van der Waals surface area contributed by atoms with Crippen LogP contribution in [0.3, 0.4) is 0 Å². The molecule has 0 spiro atoms. The van der Waals surface area contributed by atoms with Gasteiger partial charge in [0.1, 0.15) is 0 Å². The summed E-state index contributed by atoms with van der Waals surface area (Å²) in [6.07, 6.45) is 9.57. The van der Waals surface area contributed by atoms with E-state index in [1.165, 1.54) is 24.8 Å². The maximum Gasteiger partial charge on any atom is 0.225 e. The van der Waals surface area contributed by atoms with Gasteiger partial charge in [-0.05, 0) is 24.3 Å². The molecule has 0 bridgehead atoms. The van der Waals surface area contributed by atoms with Crippen LogP contribution in [0.1, 0.15) is 51.3 Å². The predicted molar refractivity (Wildman–Crippen MR) is 98.1 cm³/mol. The van der Waals surface area contributed by atoms with Crippen LogP contribution in [0.15, 0.2) is 23.3 Å². The Labute approximate surface area is 144 Å². The quantitative estimate of drug-likeness (QED) is 0.606. The highest BCUT2D eigenvalue weighted by Crippen LogP contribution is 2.13. The Hall–Kier alpha value is -1.49. The Morgan fingerprint density at radius 3 is 2.48 bits per heavy atom. The van der Waals surface area contributed by atoms with Crippen molar-refractivity contribution in [3.8, 4) is 0 Å². The van der Waals surface area contributed by atoms with Gasteiger partial charge >= 0.3 is 0 Å². The molecule has 0 aromatic carbocycles. The minimum Gasteiger partial charge on any atom is -0.340 e. The second-order valence-electron chi connectivity index (χ2n) is 6.35. The van der Waals surface area contributed by atoms with E-state index < -0.39 is 0 Å². The van der Waals surface area contributed by atoms with Gasteiger partial charge in [-0.3, -0.25) is 0 Å². The standard InChI is InChI=1S/C18H28N4S/c1-4-16-11-19-18(20-12-16)22(9-6-5-7-15(2)3)10-8-17-13-23-14-21-17/h11-15H,4-10H2,1-3H3. The first kappa shape index (κ1) is 17.9. The third-order valence-corrected chi connectivity index (χ3v) is 4.60. The molecular formula is C18H28N4S. The summed E-state index contributed by atoms with van der Waals surface area (Å²) in [6, 6.07) is 0. The first-order chi connectivity index (χ1) is 11.2. The average Bonchev–Trinajstić information content (AvgIpc) is 3.07. The molecule has 0 atom stereocenters. The minimum atomic E-state index is 0.776.